The Balaban J connectivity index is 4.71. The van der Waals surface area contributed by atoms with Crippen LogP contribution in [0.2, 0.25) is 0 Å². The summed E-state index contributed by atoms with van der Waals surface area (Å²) in [6.07, 6.45) is 0. The highest BCUT2D eigenvalue weighted by Crippen LogP contribution is 2.21. The average Bonchev–Trinajstić information content (AvgIpc) is 1.84. The molecule has 4 heteroatoms. The summed E-state index contributed by atoms with van der Waals surface area (Å²) in [4.78, 5) is 0. The molecule has 0 aromatic rings. The van der Waals surface area contributed by atoms with Crippen molar-refractivity contribution in [1.82, 2.24) is 0 Å². The van der Waals surface area contributed by atoms with E-state index in [9.17, 15) is 17.6 Å². The second kappa shape index (κ2) is 3.39. The number of hydrogen-bond acceptors (Lipinski definition) is 0. The molecule has 0 rings (SSSR count). The predicted octanol–water partition coefficient (Wildman–Crippen LogP) is 3.33. The summed E-state index contributed by atoms with van der Waals surface area (Å²) in [6, 6.07) is 0. The van der Waals surface area contributed by atoms with E-state index in [2.05, 4.69) is 0 Å². The van der Waals surface area contributed by atoms with Gasteiger partial charge in [0.1, 0.15) is 11.7 Å². The molecule has 0 heterocycles. The summed E-state index contributed by atoms with van der Waals surface area (Å²) in [5.74, 6) is -6.29. The van der Waals surface area contributed by atoms with Gasteiger partial charge in [0.25, 0.3) is 0 Å². The molecule has 0 spiro atoms. The van der Waals surface area contributed by atoms with Crippen LogP contribution in [0.15, 0.2) is 23.3 Å². The minimum absolute atomic E-state index is 0.706. The minimum Gasteiger partial charge on any atom is -0.209 e. The van der Waals surface area contributed by atoms with Gasteiger partial charge in [0.15, 0.2) is 11.7 Å². The van der Waals surface area contributed by atoms with Crippen LogP contribution in [0.1, 0.15) is 13.8 Å². The quantitative estimate of drug-likeness (QED) is 0.401. The van der Waals surface area contributed by atoms with Gasteiger partial charge < -0.3 is 0 Å². The zero-order valence-electron chi connectivity index (χ0n) is 5.51. The molecule has 0 fully saturated rings. The summed E-state index contributed by atoms with van der Waals surface area (Å²) in [5.41, 5.74) is 0. The van der Waals surface area contributed by atoms with E-state index in [0.29, 0.717) is 13.8 Å². The van der Waals surface area contributed by atoms with Crippen molar-refractivity contribution in [3.05, 3.63) is 23.3 Å². The lowest BCUT2D eigenvalue weighted by Gasteiger charge is -1.92. The number of halogens is 4. The molecule has 0 aromatic heterocycles. The summed E-state index contributed by atoms with van der Waals surface area (Å²) in [7, 11) is 0. The van der Waals surface area contributed by atoms with Gasteiger partial charge in [0, 0.05) is 0 Å². The van der Waals surface area contributed by atoms with Gasteiger partial charge in [-0.05, 0) is 13.8 Å². The van der Waals surface area contributed by atoms with E-state index >= 15 is 0 Å². The fourth-order valence-electron chi connectivity index (χ4n) is 0.302. The second-order valence-corrected chi connectivity index (χ2v) is 1.69. The van der Waals surface area contributed by atoms with Crippen LogP contribution in [-0.2, 0) is 0 Å². The highest BCUT2D eigenvalue weighted by molar-refractivity contribution is 5.22. The van der Waals surface area contributed by atoms with Crippen molar-refractivity contribution in [2.75, 3.05) is 0 Å². The standard InChI is InChI=1S/C6H6F4/c1-3(7)5(9)6(10)4(2)8/h1-2H3/b5-3-,6-4-. The van der Waals surface area contributed by atoms with Crippen LogP contribution in [0, 0.1) is 0 Å². The van der Waals surface area contributed by atoms with Crippen LogP contribution < -0.4 is 0 Å². The molecule has 0 saturated heterocycles. The fourth-order valence-corrected chi connectivity index (χ4v) is 0.302. The Hall–Kier alpha value is -0.800. The van der Waals surface area contributed by atoms with Crippen molar-refractivity contribution in [3.8, 4) is 0 Å². The van der Waals surface area contributed by atoms with Gasteiger partial charge in [-0.3, -0.25) is 0 Å². The summed E-state index contributed by atoms with van der Waals surface area (Å²) in [6.45, 7) is 1.41. The summed E-state index contributed by atoms with van der Waals surface area (Å²) in [5, 5.41) is 0. The van der Waals surface area contributed by atoms with E-state index in [4.69, 9.17) is 0 Å². The van der Waals surface area contributed by atoms with Gasteiger partial charge in [-0.15, -0.1) is 0 Å². The van der Waals surface area contributed by atoms with Crippen molar-refractivity contribution in [3.63, 3.8) is 0 Å². The molecule has 0 aliphatic heterocycles. The van der Waals surface area contributed by atoms with Gasteiger partial charge >= 0.3 is 0 Å². The van der Waals surface area contributed by atoms with Crippen molar-refractivity contribution in [2.24, 2.45) is 0 Å². The molecule has 0 aliphatic carbocycles. The van der Waals surface area contributed by atoms with Crippen molar-refractivity contribution < 1.29 is 17.6 Å². The molecule has 0 aliphatic rings. The second-order valence-electron chi connectivity index (χ2n) is 1.69. The van der Waals surface area contributed by atoms with Crippen molar-refractivity contribution >= 4 is 0 Å². The average molecular weight is 154 g/mol. The van der Waals surface area contributed by atoms with E-state index in [-0.39, 0.29) is 0 Å². The number of allylic oxidation sites excluding steroid dienone is 4. The maximum atomic E-state index is 12.0. The highest BCUT2D eigenvalue weighted by atomic mass is 19.2. The molecular formula is C6H6F4. The number of hydrogen-bond donors (Lipinski definition) is 0. The zero-order valence-corrected chi connectivity index (χ0v) is 5.51. The normalized spacial score (nSPS) is 16.2. The molecule has 0 nitrogen and oxygen atoms in total. The molecule has 0 amide bonds. The Bertz CT molecular complexity index is 160. The first-order valence-corrected chi connectivity index (χ1v) is 2.51. The maximum Gasteiger partial charge on any atom is 0.192 e. The maximum absolute atomic E-state index is 12.0. The van der Waals surface area contributed by atoms with Crippen molar-refractivity contribution in [1.29, 1.82) is 0 Å². The molecule has 10 heavy (non-hydrogen) atoms. The van der Waals surface area contributed by atoms with Crippen LogP contribution in [0.25, 0.3) is 0 Å². The van der Waals surface area contributed by atoms with E-state index in [1.165, 1.54) is 0 Å². The van der Waals surface area contributed by atoms with Crippen LogP contribution in [-0.4, -0.2) is 0 Å². The van der Waals surface area contributed by atoms with Crippen molar-refractivity contribution in [2.45, 2.75) is 13.8 Å². The van der Waals surface area contributed by atoms with Gasteiger partial charge in [-0.1, -0.05) is 0 Å². The van der Waals surface area contributed by atoms with E-state index in [0.717, 1.165) is 0 Å². The highest BCUT2D eigenvalue weighted by Gasteiger charge is 2.10. The van der Waals surface area contributed by atoms with Gasteiger partial charge in [0.2, 0.25) is 0 Å². The van der Waals surface area contributed by atoms with Gasteiger partial charge in [-0.2, -0.15) is 0 Å². The lowest BCUT2D eigenvalue weighted by Crippen LogP contribution is -1.80. The predicted molar refractivity (Wildman–Crippen MR) is 29.8 cm³/mol. The smallest absolute Gasteiger partial charge is 0.192 e. The van der Waals surface area contributed by atoms with E-state index in [1.807, 2.05) is 0 Å². The Morgan fingerprint density at radius 3 is 1.00 bits per heavy atom. The zero-order chi connectivity index (χ0) is 8.31. The Morgan fingerprint density at radius 2 is 0.900 bits per heavy atom. The first-order valence-electron chi connectivity index (χ1n) is 2.51. The lowest BCUT2D eigenvalue weighted by molar-refractivity contribution is 0.464. The van der Waals surface area contributed by atoms with Gasteiger partial charge in [0.05, 0.1) is 0 Å². The molecule has 58 valence electrons. The first-order chi connectivity index (χ1) is 4.46. The monoisotopic (exact) mass is 154 g/mol. The van der Waals surface area contributed by atoms with Crippen LogP contribution in [0.4, 0.5) is 17.6 Å². The fraction of sp³-hybridized carbons (Fsp3) is 0.333. The topological polar surface area (TPSA) is 0 Å². The minimum atomic E-state index is -1.78. The molecule has 0 unspecified atom stereocenters. The molecule has 0 atom stereocenters. The Kier molecular flexibility index (Phi) is 3.12. The van der Waals surface area contributed by atoms with Crippen LogP contribution >= 0.6 is 0 Å². The third-order valence-corrected chi connectivity index (χ3v) is 0.798. The molecule has 0 aromatic carbocycles. The van der Waals surface area contributed by atoms with Crippen LogP contribution in [0.5, 0.6) is 0 Å². The largest absolute Gasteiger partial charge is 0.209 e. The van der Waals surface area contributed by atoms with E-state index in [1.54, 1.807) is 0 Å². The Labute approximate surface area is 55.8 Å². The number of rotatable bonds is 1. The summed E-state index contributed by atoms with van der Waals surface area (Å²) < 4.78 is 47.5. The Morgan fingerprint density at radius 1 is 0.700 bits per heavy atom. The summed E-state index contributed by atoms with van der Waals surface area (Å²) >= 11 is 0. The molecule has 0 N–H and O–H groups in total. The molecular weight excluding hydrogens is 148 g/mol. The molecule has 0 bridgehead atoms. The van der Waals surface area contributed by atoms with Crippen LogP contribution in [0.3, 0.4) is 0 Å². The lowest BCUT2D eigenvalue weighted by atomic mass is 10.4. The molecule has 0 radical (unpaired) electrons. The van der Waals surface area contributed by atoms with E-state index < -0.39 is 23.3 Å². The SMILES string of the molecule is C/C(F)=C(F)\C(F)=C(/C)F. The third-order valence-electron chi connectivity index (χ3n) is 0.798. The van der Waals surface area contributed by atoms with Gasteiger partial charge in [-0.25, -0.2) is 17.6 Å². The molecule has 0 saturated carbocycles. The first kappa shape index (κ1) is 9.20. The third kappa shape index (κ3) is 2.21.